The molecule has 1 aromatic carbocycles. The lowest BCUT2D eigenvalue weighted by molar-refractivity contribution is 0.138. The zero-order valence-corrected chi connectivity index (χ0v) is 19.7. The smallest absolute Gasteiger partial charge is 0.226 e. The van der Waals surface area contributed by atoms with E-state index in [0.29, 0.717) is 37.7 Å². The largest absolute Gasteiger partial charge is 0.491 e. The van der Waals surface area contributed by atoms with Crippen LogP contribution in [0.15, 0.2) is 30.5 Å². The van der Waals surface area contributed by atoms with Crippen molar-refractivity contribution >= 4 is 18.4 Å². The van der Waals surface area contributed by atoms with Crippen LogP contribution in [-0.2, 0) is 9.47 Å². The highest BCUT2D eigenvalue weighted by atomic mass is 35.5. The van der Waals surface area contributed by atoms with Gasteiger partial charge in [0.1, 0.15) is 18.5 Å². The molecule has 1 aromatic heterocycles. The summed E-state index contributed by atoms with van der Waals surface area (Å²) >= 11 is 0. The summed E-state index contributed by atoms with van der Waals surface area (Å²) < 4.78 is 22.4. The van der Waals surface area contributed by atoms with Crippen molar-refractivity contribution in [3.05, 3.63) is 30.5 Å². The molecular weight excluding hydrogens is 430 g/mol. The predicted molar refractivity (Wildman–Crippen MR) is 127 cm³/mol. The summed E-state index contributed by atoms with van der Waals surface area (Å²) in [5.41, 5.74) is 1.87. The molecule has 2 aliphatic rings. The summed E-state index contributed by atoms with van der Waals surface area (Å²) in [5.74, 6) is 2.85. The average molecular weight is 464 g/mol. The average Bonchev–Trinajstić information content (AvgIpc) is 3.30. The number of anilines is 1. The van der Waals surface area contributed by atoms with Gasteiger partial charge in [0.15, 0.2) is 0 Å². The van der Waals surface area contributed by atoms with E-state index >= 15 is 0 Å². The molecule has 2 heterocycles. The Morgan fingerprint density at radius 3 is 2.53 bits per heavy atom. The molecular formula is C24H34ClN3O4. The third kappa shape index (κ3) is 6.70. The number of hydrogen-bond donors (Lipinski definition) is 1. The lowest BCUT2D eigenvalue weighted by atomic mass is 9.87. The van der Waals surface area contributed by atoms with E-state index in [1.165, 1.54) is 12.8 Å². The second kappa shape index (κ2) is 12.2. The number of nitrogens with zero attached hydrogens (tertiary/aromatic N) is 2. The summed E-state index contributed by atoms with van der Waals surface area (Å²) in [4.78, 5) is 9.37. The normalized spacial score (nSPS) is 22.8. The maximum absolute atomic E-state index is 6.25. The minimum Gasteiger partial charge on any atom is -0.491 e. The maximum atomic E-state index is 6.25. The van der Waals surface area contributed by atoms with Crippen LogP contribution in [-0.4, -0.2) is 55.7 Å². The van der Waals surface area contributed by atoms with Crippen molar-refractivity contribution < 1.29 is 18.9 Å². The molecule has 4 rings (SSSR count). The van der Waals surface area contributed by atoms with Gasteiger partial charge in [-0.25, -0.2) is 4.98 Å². The molecule has 1 saturated carbocycles. The zero-order chi connectivity index (χ0) is 21.5. The molecule has 1 aliphatic heterocycles. The van der Waals surface area contributed by atoms with Crippen molar-refractivity contribution in [3.63, 3.8) is 0 Å². The van der Waals surface area contributed by atoms with Crippen LogP contribution in [0.3, 0.4) is 0 Å². The molecule has 1 unspecified atom stereocenters. The van der Waals surface area contributed by atoms with E-state index < -0.39 is 0 Å². The van der Waals surface area contributed by atoms with Crippen molar-refractivity contribution in [1.29, 1.82) is 0 Å². The summed E-state index contributed by atoms with van der Waals surface area (Å²) in [7, 11) is 1.66. The van der Waals surface area contributed by atoms with Gasteiger partial charge in [0, 0.05) is 25.8 Å². The number of aromatic nitrogens is 2. The third-order valence-corrected chi connectivity index (χ3v) is 5.99. The first-order valence-electron chi connectivity index (χ1n) is 11.3. The lowest BCUT2D eigenvalue weighted by Gasteiger charge is -2.27. The van der Waals surface area contributed by atoms with Crippen LogP contribution in [0.2, 0.25) is 0 Å². The topological polar surface area (TPSA) is 74.7 Å². The third-order valence-electron chi connectivity index (χ3n) is 5.99. The second-order valence-corrected chi connectivity index (χ2v) is 8.48. The van der Waals surface area contributed by atoms with Crippen LogP contribution >= 0.6 is 12.4 Å². The SMILES string of the molecule is COCCOc1ccc(-c2cnc(NC3CCC(C)CC3)nc2OC2CCOC2)cc1.Cl. The van der Waals surface area contributed by atoms with Crippen LogP contribution in [0.4, 0.5) is 5.95 Å². The molecule has 0 amide bonds. The van der Waals surface area contributed by atoms with Crippen LogP contribution in [0, 0.1) is 5.92 Å². The van der Waals surface area contributed by atoms with E-state index in [1.807, 2.05) is 30.5 Å². The fourth-order valence-corrected chi connectivity index (χ4v) is 4.05. The first-order valence-corrected chi connectivity index (χ1v) is 11.3. The van der Waals surface area contributed by atoms with E-state index in [2.05, 4.69) is 17.2 Å². The lowest BCUT2D eigenvalue weighted by Crippen LogP contribution is -2.26. The molecule has 0 spiro atoms. The summed E-state index contributed by atoms with van der Waals surface area (Å²) in [6.07, 6.45) is 7.56. The number of hydrogen-bond acceptors (Lipinski definition) is 7. The van der Waals surface area contributed by atoms with Crippen molar-refractivity contribution in [2.45, 2.75) is 51.2 Å². The molecule has 1 aliphatic carbocycles. The van der Waals surface area contributed by atoms with Crippen LogP contribution in [0.25, 0.3) is 11.1 Å². The van der Waals surface area contributed by atoms with Gasteiger partial charge in [-0.15, -0.1) is 12.4 Å². The monoisotopic (exact) mass is 463 g/mol. The molecule has 1 N–H and O–H groups in total. The van der Waals surface area contributed by atoms with Gasteiger partial charge in [-0.1, -0.05) is 19.1 Å². The number of methoxy groups -OCH3 is 1. The summed E-state index contributed by atoms with van der Waals surface area (Å²) in [5, 5.41) is 3.52. The van der Waals surface area contributed by atoms with Gasteiger partial charge in [-0.05, 0) is 49.3 Å². The molecule has 7 nitrogen and oxygen atoms in total. The predicted octanol–water partition coefficient (Wildman–Crippen LogP) is 4.75. The van der Waals surface area contributed by atoms with E-state index in [9.17, 15) is 0 Å². The fourth-order valence-electron chi connectivity index (χ4n) is 4.05. The minimum absolute atomic E-state index is 0. The van der Waals surface area contributed by atoms with Gasteiger partial charge in [0.05, 0.1) is 25.4 Å². The fraction of sp³-hybridized carbons (Fsp3) is 0.583. The summed E-state index contributed by atoms with van der Waals surface area (Å²) in [6, 6.07) is 8.34. The molecule has 1 saturated heterocycles. The highest BCUT2D eigenvalue weighted by Gasteiger charge is 2.23. The quantitative estimate of drug-likeness (QED) is 0.538. The molecule has 0 radical (unpaired) electrons. The number of nitrogens with one attached hydrogen (secondary N) is 1. The molecule has 2 fully saturated rings. The highest BCUT2D eigenvalue weighted by molar-refractivity contribution is 5.85. The molecule has 2 aromatic rings. The van der Waals surface area contributed by atoms with E-state index in [4.69, 9.17) is 23.9 Å². The Morgan fingerprint density at radius 1 is 1.06 bits per heavy atom. The molecule has 8 heteroatoms. The molecule has 176 valence electrons. The second-order valence-electron chi connectivity index (χ2n) is 8.48. The van der Waals surface area contributed by atoms with Gasteiger partial charge >= 0.3 is 0 Å². The van der Waals surface area contributed by atoms with Crippen LogP contribution in [0.5, 0.6) is 11.6 Å². The number of benzene rings is 1. The van der Waals surface area contributed by atoms with Gasteiger partial charge in [0.2, 0.25) is 11.8 Å². The number of halogens is 1. The molecule has 1 atom stereocenters. The van der Waals surface area contributed by atoms with Crippen LogP contribution in [0.1, 0.15) is 39.0 Å². The van der Waals surface area contributed by atoms with Crippen molar-refractivity contribution in [1.82, 2.24) is 9.97 Å². The Hall–Kier alpha value is -2.09. The molecule has 32 heavy (non-hydrogen) atoms. The van der Waals surface area contributed by atoms with E-state index in [-0.39, 0.29) is 18.5 Å². The number of ether oxygens (including phenoxy) is 4. The Bertz CT molecular complexity index is 822. The van der Waals surface area contributed by atoms with Gasteiger partial charge in [-0.3, -0.25) is 0 Å². The Morgan fingerprint density at radius 2 is 1.84 bits per heavy atom. The van der Waals surface area contributed by atoms with Gasteiger partial charge in [-0.2, -0.15) is 4.98 Å². The van der Waals surface area contributed by atoms with Crippen molar-refractivity contribution in [3.8, 4) is 22.8 Å². The minimum atomic E-state index is 0. The zero-order valence-electron chi connectivity index (χ0n) is 18.9. The summed E-state index contributed by atoms with van der Waals surface area (Å²) in [6.45, 7) is 4.73. The van der Waals surface area contributed by atoms with Crippen molar-refractivity contribution in [2.24, 2.45) is 5.92 Å². The van der Waals surface area contributed by atoms with Gasteiger partial charge in [0.25, 0.3) is 0 Å². The maximum Gasteiger partial charge on any atom is 0.226 e. The first-order chi connectivity index (χ1) is 15.2. The van der Waals surface area contributed by atoms with Crippen molar-refractivity contribution in [2.75, 3.05) is 38.9 Å². The Balaban J connectivity index is 0.00000289. The Kier molecular flexibility index (Phi) is 9.38. The van der Waals surface area contributed by atoms with E-state index in [0.717, 1.165) is 48.7 Å². The highest BCUT2D eigenvalue weighted by Crippen LogP contribution is 2.32. The van der Waals surface area contributed by atoms with Gasteiger partial charge < -0.3 is 24.3 Å². The standard InChI is InChI=1S/C24H33N3O4.ClH/c1-17-3-7-19(8-4-17)26-24-25-15-22(23(27-24)31-21-11-12-29-16-21)18-5-9-20(10-6-18)30-14-13-28-2;/h5-6,9-10,15,17,19,21H,3-4,7-8,11-14,16H2,1-2H3,(H,25,26,27);1H. The first kappa shape index (κ1) is 24.6. The number of rotatable bonds is 9. The van der Waals surface area contributed by atoms with Crippen LogP contribution < -0.4 is 14.8 Å². The molecule has 0 bridgehead atoms. The Labute approximate surface area is 196 Å². The van der Waals surface area contributed by atoms with E-state index in [1.54, 1.807) is 7.11 Å².